The van der Waals surface area contributed by atoms with Crippen LogP contribution in [0.25, 0.3) is 0 Å². The lowest BCUT2D eigenvalue weighted by atomic mass is 10.0. The van der Waals surface area contributed by atoms with Gasteiger partial charge in [-0.3, -0.25) is 9.59 Å². The van der Waals surface area contributed by atoms with E-state index in [-0.39, 0.29) is 24.9 Å². The van der Waals surface area contributed by atoms with Gasteiger partial charge in [0.1, 0.15) is 6.10 Å². The summed E-state index contributed by atoms with van der Waals surface area (Å²) < 4.78 is 5.97. The van der Waals surface area contributed by atoms with Gasteiger partial charge in [0.15, 0.2) is 0 Å². The molecule has 0 aromatic carbocycles. The van der Waals surface area contributed by atoms with E-state index < -0.39 is 18.2 Å². The van der Waals surface area contributed by atoms with Gasteiger partial charge in [0.2, 0.25) is 5.91 Å². The first kappa shape index (κ1) is 67.8. The van der Waals surface area contributed by atoms with Gasteiger partial charge in [-0.1, -0.05) is 268 Å². The van der Waals surface area contributed by atoms with Crippen molar-refractivity contribution in [3.8, 4) is 0 Å². The maximum atomic E-state index is 13.3. The van der Waals surface area contributed by atoms with Gasteiger partial charge in [-0.05, 0) is 89.9 Å². The van der Waals surface area contributed by atoms with E-state index >= 15 is 0 Å². The van der Waals surface area contributed by atoms with Gasteiger partial charge in [0.05, 0.1) is 25.2 Å². The maximum absolute atomic E-state index is 13.3. The number of ether oxygens (including phenoxy) is 1. The minimum absolute atomic E-state index is 0.0672. The van der Waals surface area contributed by atoms with Crippen LogP contribution in [0.5, 0.6) is 0 Å². The molecule has 3 N–H and O–H groups in total. The number of aliphatic hydroxyl groups excluding tert-OH is 2. The molecule has 3 atom stereocenters. The highest BCUT2D eigenvalue weighted by Gasteiger charge is 2.24. The van der Waals surface area contributed by atoms with Gasteiger partial charge in [0, 0.05) is 6.42 Å². The van der Waals surface area contributed by atoms with Crippen LogP contribution in [0.4, 0.5) is 0 Å². The summed E-state index contributed by atoms with van der Waals surface area (Å²) in [5.41, 5.74) is 0. The summed E-state index contributed by atoms with van der Waals surface area (Å²) in [5, 5.41) is 24.0. The molecule has 6 nitrogen and oxygen atoms in total. The highest BCUT2D eigenvalue weighted by Crippen LogP contribution is 2.19. The summed E-state index contributed by atoms with van der Waals surface area (Å²) in [6.07, 6.45) is 71.8. The van der Waals surface area contributed by atoms with Gasteiger partial charge in [0.25, 0.3) is 0 Å². The van der Waals surface area contributed by atoms with Crippen LogP contribution in [0.2, 0.25) is 0 Å². The van der Waals surface area contributed by atoms with Crippen LogP contribution in [-0.2, 0) is 14.3 Å². The smallest absolute Gasteiger partial charge is 0.306 e. The Morgan fingerprint density at radius 3 is 1.14 bits per heavy atom. The number of allylic oxidation sites excluding steroid dienone is 8. The quantitative estimate of drug-likeness (QED) is 0.0321. The topological polar surface area (TPSA) is 95.9 Å². The van der Waals surface area contributed by atoms with Crippen molar-refractivity contribution in [3.05, 3.63) is 48.6 Å². The number of carbonyl (C=O) groups is 2. The van der Waals surface area contributed by atoms with Crippen molar-refractivity contribution in [3.63, 3.8) is 0 Å². The molecule has 0 fully saturated rings. The minimum Gasteiger partial charge on any atom is -0.462 e. The molecule has 0 saturated carbocycles. The minimum atomic E-state index is -0.794. The van der Waals surface area contributed by atoms with Crippen LogP contribution in [-0.4, -0.2) is 46.9 Å². The lowest BCUT2D eigenvalue weighted by Crippen LogP contribution is -2.46. The third-order valence-corrected chi connectivity index (χ3v) is 14.1. The van der Waals surface area contributed by atoms with Crippen molar-refractivity contribution in [1.29, 1.82) is 0 Å². The number of aliphatic hydroxyl groups is 2. The highest BCUT2D eigenvalue weighted by molar-refractivity contribution is 5.77. The van der Waals surface area contributed by atoms with Crippen LogP contribution < -0.4 is 5.32 Å². The molecule has 0 aliphatic rings. The third kappa shape index (κ3) is 52.2. The second-order valence-corrected chi connectivity index (χ2v) is 21.1. The molecule has 0 heterocycles. The van der Waals surface area contributed by atoms with Gasteiger partial charge in [-0.15, -0.1) is 0 Å². The van der Waals surface area contributed by atoms with Crippen LogP contribution in [0.3, 0.4) is 0 Å². The van der Waals surface area contributed by atoms with E-state index in [9.17, 15) is 19.8 Å². The third-order valence-electron chi connectivity index (χ3n) is 14.1. The zero-order chi connectivity index (χ0) is 50.9. The molecule has 0 aromatic heterocycles. The molecule has 0 radical (unpaired) electrons. The molecular weight excluding hydrogens is 863 g/mol. The molecule has 0 rings (SSSR count). The molecule has 0 bridgehead atoms. The number of carbonyl (C=O) groups excluding carboxylic acids is 2. The fourth-order valence-electron chi connectivity index (χ4n) is 9.43. The monoisotopic (exact) mass is 982 g/mol. The molecule has 3 unspecified atom stereocenters. The Balaban J connectivity index is 4.57. The van der Waals surface area contributed by atoms with E-state index in [1.54, 1.807) is 0 Å². The Labute approximate surface area is 436 Å². The largest absolute Gasteiger partial charge is 0.462 e. The molecule has 6 heteroatoms. The van der Waals surface area contributed by atoms with Crippen LogP contribution in [0.15, 0.2) is 48.6 Å². The van der Waals surface area contributed by atoms with Crippen molar-refractivity contribution < 1.29 is 24.5 Å². The van der Waals surface area contributed by atoms with Gasteiger partial charge in [-0.25, -0.2) is 0 Å². The lowest BCUT2D eigenvalue weighted by Gasteiger charge is -2.24. The average Bonchev–Trinajstić information content (AvgIpc) is 3.35. The molecule has 0 spiro atoms. The summed E-state index contributed by atoms with van der Waals surface area (Å²) in [6.45, 7) is 6.49. The molecule has 70 heavy (non-hydrogen) atoms. The molecule has 1 amide bonds. The number of rotatable bonds is 56. The van der Waals surface area contributed by atoms with E-state index in [0.717, 1.165) is 83.5 Å². The van der Waals surface area contributed by atoms with Crippen molar-refractivity contribution in [1.82, 2.24) is 5.32 Å². The number of unbranched alkanes of at least 4 members (excludes halogenated alkanes) is 36. The normalized spacial score (nSPS) is 13.4. The number of nitrogens with one attached hydrogen (secondary N) is 1. The van der Waals surface area contributed by atoms with E-state index in [1.165, 1.54) is 193 Å². The number of esters is 1. The Bertz CT molecular complexity index is 1190. The Kier molecular flexibility index (Phi) is 55.9. The Morgan fingerprint density at radius 1 is 0.414 bits per heavy atom. The van der Waals surface area contributed by atoms with E-state index in [2.05, 4.69) is 74.7 Å². The molecule has 410 valence electrons. The van der Waals surface area contributed by atoms with Crippen molar-refractivity contribution >= 4 is 11.9 Å². The number of hydrogen-bond acceptors (Lipinski definition) is 5. The SMILES string of the molecule is CCCCC/C=C\C/C=C\C/C=C\CCCCCCC(=O)OC(CCCCCCCCC/C=C/CCCCCCCC)CC(=O)NC(CO)C(O)CCCCCCCCCCCCCCCCCCC. The van der Waals surface area contributed by atoms with Crippen molar-refractivity contribution in [2.75, 3.05) is 6.61 Å². The van der Waals surface area contributed by atoms with E-state index in [1.807, 2.05) is 0 Å². The first-order chi connectivity index (χ1) is 34.5. The van der Waals surface area contributed by atoms with Gasteiger partial charge >= 0.3 is 5.97 Å². The highest BCUT2D eigenvalue weighted by atomic mass is 16.5. The molecular formula is C64H119NO5. The first-order valence-corrected chi connectivity index (χ1v) is 30.9. The maximum Gasteiger partial charge on any atom is 0.306 e. The molecule has 0 aliphatic carbocycles. The van der Waals surface area contributed by atoms with E-state index in [0.29, 0.717) is 19.3 Å². The number of amides is 1. The fourth-order valence-corrected chi connectivity index (χ4v) is 9.43. The predicted molar refractivity (Wildman–Crippen MR) is 305 cm³/mol. The Hall–Kier alpha value is -2.18. The zero-order valence-corrected chi connectivity index (χ0v) is 46.9. The second kappa shape index (κ2) is 57.7. The zero-order valence-electron chi connectivity index (χ0n) is 46.9. The summed E-state index contributed by atoms with van der Waals surface area (Å²) in [5.74, 6) is -0.489. The second-order valence-electron chi connectivity index (χ2n) is 21.1. The first-order valence-electron chi connectivity index (χ1n) is 30.9. The van der Waals surface area contributed by atoms with Crippen molar-refractivity contribution in [2.24, 2.45) is 0 Å². The summed E-state index contributed by atoms with van der Waals surface area (Å²) in [6, 6.07) is -0.709. The number of hydrogen-bond donors (Lipinski definition) is 3. The molecule has 0 aliphatic heterocycles. The van der Waals surface area contributed by atoms with Gasteiger partial charge in [-0.2, -0.15) is 0 Å². The summed E-state index contributed by atoms with van der Waals surface area (Å²) >= 11 is 0. The van der Waals surface area contributed by atoms with Crippen molar-refractivity contribution in [2.45, 2.75) is 341 Å². The predicted octanol–water partition coefficient (Wildman–Crippen LogP) is 19.4. The van der Waals surface area contributed by atoms with Crippen LogP contribution >= 0.6 is 0 Å². The standard InChI is InChI=1S/C64H119NO5/c1-4-7-10-13-16-19-22-25-28-31-34-37-40-43-46-49-52-55-60(70-64(69)57-54-51-48-45-42-39-36-33-30-27-24-21-18-15-12-9-6-3)58-63(68)65-61(59-66)62(67)56-53-50-47-44-41-38-35-32-29-26-23-20-17-14-11-8-5-2/h18,21,25,27-28,30,36,39,60-62,66-67H,4-17,19-20,22-24,26,29,31-35,37-38,40-59H2,1-3H3,(H,65,68)/b21-18-,28-25+,30-27-,39-36-. The lowest BCUT2D eigenvalue weighted by molar-refractivity contribution is -0.151. The average molecular weight is 983 g/mol. The van der Waals surface area contributed by atoms with Crippen LogP contribution in [0, 0.1) is 0 Å². The van der Waals surface area contributed by atoms with E-state index in [4.69, 9.17) is 4.74 Å². The van der Waals surface area contributed by atoms with Crippen LogP contribution in [0.1, 0.15) is 323 Å². The summed E-state index contributed by atoms with van der Waals surface area (Å²) in [7, 11) is 0. The molecule has 0 saturated heterocycles. The Morgan fingerprint density at radius 2 is 0.729 bits per heavy atom. The molecule has 0 aromatic rings. The fraction of sp³-hybridized carbons (Fsp3) is 0.844. The summed E-state index contributed by atoms with van der Waals surface area (Å²) in [4.78, 5) is 26.3. The van der Waals surface area contributed by atoms with Gasteiger partial charge < -0.3 is 20.3 Å².